The SMILES string of the molecule is CSc1nc(N)nc(N(CCN(C)C)CC(=O)Nc2cccc(CF)c2)c1C#N. The molecule has 154 valence electrons. The van der Waals surface area contributed by atoms with Crippen molar-refractivity contribution in [2.45, 2.75) is 11.7 Å². The van der Waals surface area contributed by atoms with Gasteiger partial charge in [0, 0.05) is 18.8 Å². The van der Waals surface area contributed by atoms with Crippen molar-refractivity contribution in [3.05, 3.63) is 35.4 Å². The van der Waals surface area contributed by atoms with Gasteiger partial charge in [-0.2, -0.15) is 10.2 Å². The molecule has 1 amide bonds. The van der Waals surface area contributed by atoms with E-state index in [1.807, 2.05) is 19.0 Å². The highest BCUT2D eigenvalue weighted by atomic mass is 32.2. The summed E-state index contributed by atoms with van der Waals surface area (Å²) in [5.41, 5.74) is 7.08. The number of carbonyl (C=O) groups excluding carboxylic acids is 1. The van der Waals surface area contributed by atoms with Crippen molar-refractivity contribution in [1.82, 2.24) is 14.9 Å². The fraction of sp³-hybridized carbons (Fsp3) is 0.368. The number of nitrogen functional groups attached to an aromatic ring is 1. The lowest BCUT2D eigenvalue weighted by atomic mass is 10.2. The number of rotatable bonds is 9. The second-order valence-electron chi connectivity index (χ2n) is 6.51. The smallest absolute Gasteiger partial charge is 0.243 e. The van der Waals surface area contributed by atoms with Crippen LogP contribution in [0.25, 0.3) is 0 Å². The largest absolute Gasteiger partial charge is 0.368 e. The van der Waals surface area contributed by atoms with Crippen molar-refractivity contribution in [2.24, 2.45) is 0 Å². The molecule has 0 atom stereocenters. The Morgan fingerprint density at radius 2 is 2.10 bits per heavy atom. The van der Waals surface area contributed by atoms with Crippen LogP contribution in [-0.2, 0) is 11.5 Å². The zero-order valence-corrected chi connectivity index (χ0v) is 17.5. The molecular weight excluding hydrogens is 393 g/mol. The number of anilines is 3. The molecule has 1 aromatic carbocycles. The van der Waals surface area contributed by atoms with Crippen molar-refractivity contribution < 1.29 is 9.18 Å². The number of carbonyl (C=O) groups is 1. The zero-order chi connectivity index (χ0) is 21.4. The summed E-state index contributed by atoms with van der Waals surface area (Å²) in [5.74, 6) is 0.0413. The Morgan fingerprint density at radius 3 is 2.72 bits per heavy atom. The van der Waals surface area contributed by atoms with Crippen molar-refractivity contribution >= 4 is 35.1 Å². The average molecular weight is 418 g/mol. The van der Waals surface area contributed by atoms with Crippen LogP contribution in [0.1, 0.15) is 11.1 Å². The predicted octanol–water partition coefficient (Wildman–Crippen LogP) is 2.13. The summed E-state index contributed by atoms with van der Waals surface area (Å²) in [6.07, 6.45) is 1.79. The monoisotopic (exact) mass is 417 g/mol. The van der Waals surface area contributed by atoms with Crippen LogP contribution in [0.15, 0.2) is 29.3 Å². The maximum Gasteiger partial charge on any atom is 0.243 e. The van der Waals surface area contributed by atoms with Gasteiger partial charge in [-0.1, -0.05) is 12.1 Å². The van der Waals surface area contributed by atoms with Crippen LogP contribution in [0.4, 0.5) is 21.8 Å². The van der Waals surface area contributed by atoms with Gasteiger partial charge in [0.15, 0.2) is 5.82 Å². The molecule has 0 unspecified atom stereocenters. The van der Waals surface area contributed by atoms with E-state index >= 15 is 0 Å². The van der Waals surface area contributed by atoms with Crippen LogP contribution in [-0.4, -0.2) is 60.8 Å². The molecule has 10 heteroatoms. The molecule has 0 spiro atoms. The number of benzene rings is 1. The number of thioether (sulfide) groups is 1. The maximum absolute atomic E-state index is 12.9. The molecule has 0 aliphatic rings. The van der Waals surface area contributed by atoms with Gasteiger partial charge in [0.05, 0.1) is 6.54 Å². The Bertz CT molecular complexity index is 901. The molecule has 0 bridgehead atoms. The molecular formula is C19H24FN7OS. The number of amides is 1. The van der Waals surface area contributed by atoms with Crippen LogP contribution < -0.4 is 16.0 Å². The van der Waals surface area contributed by atoms with E-state index in [1.54, 1.807) is 35.4 Å². The minimum absolute atomic E-state index is 0.0364. The molecule has 0 fully saturated rings. The Morgan fingerprint density at radius 1 is 1.34 bits per heavy atom. The zero-order valence-electron chi connectivity index (χ0n) is 16.6. The van der Waals surface area contributed by atoms with Gasteiger partial charge in [-0.05, 0) is 38.0 Å². The quantitative estimate of drug-likeness (QED) is 0.471. The predicted molar refractivity (Wildman–Crippen MR) is 114 cm³/mol. The third-order valence-electron chi connectivity index (χ3n) is 4.00. The van der Waals surface area contributed by atoms with Gasteiger partial charge in [-0.25, -0.2) is 9.37 Å². The summed E-state index contributed by atoms with van der Waals surface area (Å²) in [4.78, 5) is 24.6. The third-order valence-corrected chi connectivity index (χ3v) is 4.68. The van der Waals surface area contributed by atoms with E-state index in [-0.39, 0.29) is 24.0 Å². The summed E-state index contributed by atoms with van der Waals surface area (Å²) in [6.45, 7) is 0.423. The molecule has 0 aliphatic heterocycles. The van der Waals surface area contributed by atoms with Gasteiger partial charge < -0.3 is 20.9 Å². The number of halogens is 1. The summed E-state index contributed by atoms with van der Waals surface area (Å²) < 4.78 is 12.9. The van der Waals surface area contributed by atoms with Crippen LogP contribution in [0.5, 0.6) is 0 Å². The van der Waals surface area contributed by atoms with Crippen LogP contribution >= 0.6 is 11.8 Å². The van der Waals surface area contributed by atoms with Gasteiger partial charge in [-0.3, -0.25) is 4.79 Å². The number of hydrogen-bond acceptors (Lipinski definition) is 8. The second-order valence-corrected chi connectivity index (χ2v) is 7.30. The molecule has 0 saturated heterocycles. The highest BCUT2D eigenvalue weighted by molar-refractivity contribution is 7.98. The van der Waals surface area contributed by atoms with E-state index in [0.717, 1.165) is 0 Å². The lowest BCUT2D eigenvalue weighted by molar-refractivity contribution is -0.115. The Kier molecular flexibility index (Phi) is 8.18. The number of likely N-dealkylation sites (N-methyl/N-ethyl adjacent to an activating group) is 1. The lowest BCUT2D eigenvalue weighted by Gasteiger charge is -2.26. The Hall–Kier alpha value is -2.90. The van der Waals surface area contributed by atoms with Crippen LogP contribution in [0.2, 0.25) is 0 Å². The molecule has 29 heavy (non-hydrogen) atoms. The minimum atomic E-state index is -0.609. The van der Waals surface area contributed by atoms with E-state index in [9.17, 15) is 14.4 Å². The second kappa shape index (κ2) is 10.6. The summed E-state index contributed by atoms with van der Waals surface area (Å²) >= 11 is 1.29. The number of nitrogens with zero attached hydrogens (tertiary/aromatic N) is 5. The number of nitrogens with one attached hydrogen (secondary N) is 1. The number of hydrogen-bond donors (Lipinski definition) is 2. The van der Waals surface area contributed by atoms with Crippen LogP contribution in [0.3, 0.4) is 0 Å². The highest BCUT2D eigenvalue weighted by Gasteiger charge is 2.21. The standard InChI is InChI=1S/C19H24FN7OS/c1-26(2)7-8-27(17-15(11-21)18(29-3)25-19(22)24-17)12-16(28)23-14-6-4-5-13(9-14)10-20/h4-6,9H,7-8,10,12H2,1-3H3,(H,23,28)(H2,22,24,25). The van der Waals surface area contributed by atoms with Gasteiger partial charge in [0.1, 0.15) is 23.3 Å². The maximum atomic E-state index is 12.9. The van der Waals surface area contributed by atoms with Gasteiger partial charge in [0.2, 0.25) is 11.9 Å². The molecule has 2 rings (SSSR count). The van der Waals surface area contributed by atoms with Gasteiger partial charge in [0.25, 0.3) is 0 Å². The number of nitriles is 1. The van der Waals surface area contributed by atoms with Gasteiger partial charge >= 0.3 is 0 Å². The highest BCUT2D eigenvalue weighted by Crippen LogP contribution is 2.27. The first-order chi connectivity index (χ1) is 13.9. The molecule has 3 N–H and O–H groups in total. The molecule has 1 heterocycles. The Labute approximate surface area is 173 Å². The van der Waals surface area contributed by atoms with Gasteiger partial charge in [-0.15, -0.1) is 11.8 Å². The normalized spacial score (nSPS) is 10.6. The van der Waals surface area contributed by atoms with Crippen molar-refractivity contribution in [1.29, 1.82) is 5.26 Å². The van der Waals surface area contributed by atoms with Crippen molar-refractivity contribution in [3.8, 4) is 6.07 Å². The first kappa shape index (κ1) is 22.4. The molecule has 0 radical (unpaired) electrons. The number of alkyl halides is 1. The van der Waals surface area contributed by atoms with E-state index in [4.69, 9.17) is 5.73 Å². The number of aromatic nitrogens is 2. The fourth-order valence-electron chi connectivity index (χ4n) is 2.61. The topological polar surface area (TPSA) is 111 Å². The minimum Gasteiger partial charge on any atom is -0.368 e. The van der Waals surface area contributed by atoms with Crippen LogP contribution in [0, 0.1) is 11.3 Å². The number of nitrogens with two attached hydrogens (primary N) is 1. The lowest BCUT2D eigenvalue weighted by Crippen LogP contribution is -2.39. The van der Waals surface area contributed by atoms with E-state index in [0.29, 0.717) is 35.2 Å². The van der Waals surface area contributed by atoms with E-state index in [2.05, 4.69) is 21.4 Å². The van der Waals surface area contributed by atoms with E-state index in [1.165, 1.54) is 11.8 Å². The molecule has 1 aromatic heterocycles. The van der Waals surface area contributed by atoms with Crippen molar-refractivity contribution in [3.63, 3.8) is 0 Å². The van der Waals surface area contributed by atoms with Crippen molar-refractivity contribution in [2.75, 3.05) is 55.9 Å². The average Bonchev–Trinajstić information content (AvgIpc) is 2.70. The molecule has 8 nitrogen and oxygen atoms in total. The molecule has 0 saturated carbocycles. The summed E-state index contributed by atoms with van der Waals surface area (Å²) in [7, 11) is 3.82. The first-order valence-electron chi connectivity index (χ1n) is 8.84. The first-order valence-corrected chi connectivity index (χ1v) is 10.1. The van der Waals surface area contributed by atoms with E-state index < -0.39 is 6.67 Å². The third kappa shape index (κ3) is 6.30. The fourth-order valence-corrected chi connectivity index (χ4v) is 3.13. The molecule has 2 aromatic rings. The Balaban J connectivity index is 2.30. The molecule has 0 aliphatic carbocycles. The summed E-state index contributed by atoms with van der Waals surface area (Å²) in [6, 6.07) is 8.71. The summed E-state index contributed by atoms with van der Waals surface area (Å²) in [5, 5.41) is 12.8.